The van der Waals surface area contributed by atoms with Crippen LogP contribution in [0.3, 0.4) is 0 Å². The molecule has 0 aliphatic carbocycles. The van der Waals surface area contributed by atoms with E-state index < -0.39 is 0 Å². The molecular weight excluding hydrogens is 212 g/mol. The maximum Gasteiger partial charge on any atom is 0.121 e. The average Bonchev–Trinajstić information content (AvgIpc) is 2.40. The van der Waals surface area contributed by atoms with Gasteiger partial charge in [0.05, 0.1) is 0 Å². The van der Waals surface area contributed by atoms with E-state index in [0.717, 1.165) is 31.8 Å². The van der Waals surface area contributed by atoms with Crippen molar-refractivity contribution >= 4 is 5.69 Å². The summed E-state index contributed by atoms with van der Waals surface area (Å²) in [7, 11) is 0. The minimum Gasteiger partial charge on any atom is -0.489 e. The normalized spacial score (nSPS) is 23.6. The summed E-state index contributed by atoms with van der Waals surface area (Å²) in [5.74, 6) is 1.01. The summed E-state index contributed by atoms with van der Waals surface area (Å²) >= 11 is 0. The zero-order valence-corrected chi connectivity index (χ0v) is 10.2. The number of ether oxygens (including phenoxy) is 1. The van der Waals surface area contributed by atoms with Crippen LogP contribution in [0.2, 0.25) is 0 Å². The van der Waals surface area contributed by atoms with Crippen LogP contribution in [0.4, 0.5) is 5.69 Å². The van der Waals surface area contributed by atoms with Crippen molar-refractivity contribution in [3.8, 4) is 5.75 Å². The zero-order valence-electron chi connectivity index (χ0n) is 10.2. The Morgan fingerprint density at radius 2 is 2.18 bits per heavy atom. The second-order valence-electron chi connectivity index (χ2n) is 4.94. The molecule has 0 spiro atoms. The number of rotatable bonds is 2. The van der Waals surface area contributed by atoms with Crippen LogP contribution in [0.15, 0.2) is 18.2 Å². The highest BCUT2D eigenvalue weighted by Gasteiger charge is 2.15. The molecule has 0 aromatic heterocycles. The van der Waals surface area contributed by atoms with Crippen LogP contribution in [-0.2, 0) is 6.42 Å². The molecule has 1 aromatic rings. The Balaban J connectivity index is 1.70. The van der Waals surface area contributed by atoms with Gasteiger partial charge in [-0.25, -0.2) is 0 Å². The lowest BCUT2D eigenvalue weighted by molar-refractivity contribution is 0.167. The van der Waals surface area contributed by atoms with Gasteiger partial charge in [0.15, 0.2) is 0 Å². The number of benzene rings is 1. The molecule has 3 heteroatoms. The molecule has 0 saturated carbocycles. The molecule has 1 fully saturated rings. The number of aryl methyl sites for hydroxylation is 1. The number of hydrogen-bond acceptors (Lipinski definition) is 3. The van der Waals surface area contributed by atoms with Gasteiger partial charge < -0.3 is 15.4 Å². The van der Waals surface area contributed by atoms with Crippen molar-refractivity contribution in [2.75, 3.05) is 25.0 Å². The fraction of sp³-hybridized carbons (Fsp3) is 0.571. The second-order valence-corrected chi connectivity index (χ2v) is 4.94. The van der Waals surface area contributed by atoms with E-state index in [1.165, 1.54) is 30.5 Å². The molecule has 1 aromatic carbocycles. The third kappa shape index (κ3) is 2.55. The minimum absolute atomic E-state index is 0.338. The topological polar surface area (TPSA) is 33.3 Å². The molecule has 1 atom stereocenters. The third-order valence-corrected chi connectivity index (χ3v) is 3.57. The Morgan fingerprint density at radius 3 is 3.06 bits per heavy atom. The SMILES string of the molecule is c1cc2c(cc1OC1CCCNC1)NCCC2. The first-order valence-corrected chi connectivity index (χ1v) is 6.66. The van der Waals surface area contributed by atoms with E-state index in [1.807, 2.05) is 0 Å². The number of piperidine rings is 1. The summed E-state index contributed by atoms with van der Waals surface area (Å²) in [4.78, 5) is 0. The molecule has 17 heavy (non-hydrogen) atoms. The van der Waals surface area contributed by atoms with Crippen LogP contribution >= 0.6 is 0 Å². The monoisotopic (exact) mass is 232 g/mol. The van der Waals surface area contributed by atoms with E-state index >= 15 is 0 Å². The summed E-state index contributed by atoms with van der Waals surface area (Å²) < 4.78 is 6.02. The molecule has 1 unspecified atom stereocenters. The first-order chi connectivity index (χ1) is 8.42. The number of nitrogens with one attached hydrogen (secondary N) is 2. The fourth-order valence-corrected chi connectivity index (χ4v) is 2.63. The predicted octanol–water partition coefficient (Wildman–Crippen LogP) is 2.18. The van der Waals surface area contributed by atoms with Crippen LogP contribution in [-0.4, -0.2) is 25.7 Å². The van der Waals surface area contributed by atoms with Crippen molar-refractivity contribution in [3.63, 3.8) is 0 Å². The van der Waals surface area contributed by atoms with Crippen LogP contribution in [0, 0.1) is 0 Å². The maximum atomic E-state index is 6.02. The molecule has 2 N–H and O–H groups in total. The molecular formula is C14H20N2O. The molecule has 2 aliphatic heterocycles. The first kappa shape index (κ1) is 10.9. The molecule has 0 radical (unpaired) electrons. The van der Waals surface area contributed by atoms with Crippen LogP contribution in [0.5, 0.6) is 5.75 Å². The Bertz CT molecular complexity index is 386. The zero-order chi connectivity index (χ0) is 11.5. The van der Waals surface area contributed by atoms with Crippen LogP contribution < -0.4 is 15.4 Å². The summed E-state index contributed by atoms with van der Waals surface area (Å²) in [6.07, 6.45) is 5.14. The highest BCUT2D eigenvalue weighted by Crippen LogP contribution is 2.27. The molecule has 3 rings (SSSR count). The van der Waals surface area contributed by atoms with Crippen molar-refractivity contribution < 1.29 is 4.74 Å². The minimum atomic E-state index is 0.338. The van der Waals surface area contributed by atoms with E-state index in [9.17, 15) is 0 Å². The fourth-order valence-electron chi connectivity index (χ4n) is 2.63. The van der Waals surface area contributed by atoms with Crippen molar-refractivity contribution in [3.05, 3.63) is 23.8 Å². The van der Waals surface area contributed by atoms with E-state index in [2.05, 4.69) is 28.8 Å². The lowest BCUT2D eigenvalue weighted by Gasteiger charge is -2.25. The standard InChI is InChI=1S/C14H20N2O/c1-3-11-5-6-12(9-14(11)16-8-1)17-13-4-2-7-15-10-13/h5-6,9,13,15-16H,1-4,7-8,10H2. The van der Waals surface area contributed by atoms with Crippen molar-refractivity contribution in [1.82, 2.24) is 5.32 Å². The molecule has 92 valence electrons. The van der Waals surface area contributed by atoms with Crippen LogP contribution in [0.1, 0.15) is 24.8 Å². The highest BCUT2D eigenvalue weighted by atomic mass is 16.5. The van der Waals surface area contributed by atoms with Crippen molar-refractivity contribution in [1.29, 1.82) is 0 Å². The lowest BCUT2D eigenvalue weighted by Crippen LogP contribution is -2.37. The quantitative estimate of drug-likeness (QED) is 0.820. The van der Waals surface area contributed by atoms with Crippen LogP contribution in [0.25, 0.3) is 0 Å². The van der Waals surface area contributed by atoms with E-state index in [4.69, 9.17) is 4.74 Å². The van der Waals surface area contributed by atoms with Gasteiger partial charge in [0, 0.05) is 24.8 Å². The van der Waals surface area contributed by atoms with Gasteiger partial charge in [-0.1, -0.05) is 6.07 Å². The number of fused-ring (bicyclic) bond motifs is 1. The van der Waals surface area contributed by atoms with Gasteiger partial charge >= 0.3 is 0 Å². The van der Waals surface area contributed by atoms with Gasteiger partial charge in [-0.2, -0.15) is 0 Å². The lowest BCUT2D eigenvalue weighted by atomic mass is 10.0. The van der Waals surface area contributed by atoms with Crippen molar-refractivity contribution in [2.24, 2.45) is 0 Å². The Hall–Kier alpha value is -1.22. The second kappa shape index (κ2) is 4.96. The molecule has 2 aliphatic rings. The van der Waals surface area contributed by atoms with E-state index in [-0.39, 0.29) is 0 Å². The van der Waals surface area contributed by atoms with Gasteiger partial charge in [-0.05, 0) is 43.9 Å². The summed E-state index contributed by atoms with van der Waals surface area (Å²) in [6.45, 7) is 3.19. The largest absolute Gasteiger partial charge is 0.489 e. The van der Waals surface area contributed by atoms with E-state index in [0.29, 0.717) is 6.10 Å². The molecule has 2 heterocycles. The van der Waals surface area contributed by atoms with E-state index in [1.54, 1.807) is 0 Å². The smallest absolute Gasteiger partial charge is 0.121 e. The summed E-state index contributed by atoms with van der Waals surface area (Å²) in [6, 6.07) is 6.47. The summed E-state index contributed by atoms with van der Waals surface area (Å²) in [5.41, 5.74) is 2.68. The Kier molecular flexibility index (Phi) is 3.18. The molecule has 3 nitrogen and oxygen atoms in total. The third-order valence-electron chi connectivity index (χ3n) is 3.57. The average molecular weight is 232 g/mol. The molecule has 0 bridgehead atoms. The Labute approximate surface area is 103 Å². The summed E-state index contributed by atoms with van der Waals surface area (Å²) in [5, 5.41) is 6.82. The van der Waals surface area contributed by atoms with Gasteiger partial charge in [0.25, 0.3) is 0 Å². The Morgan fingerprint density at radius 1 is 1.18 bits per heavy atom. The van der Waals surface area contributed by atoms with Gasteiger partial charge in [0.2, 0.25) is 0 Å². The van der Waals surface area contributed by atoms with Gasteiger partial charge in [0.1, 0.15) is 11.9 Å². The number of hydrogen-bond donors (Lipinski definition) is 2. The highest BCUT2D eigenvalue weighted by molar-refractivity contribution is 5.56. The molecule has 1 saturated heterocycles. The van der Waals surface area contributed by atoms with Crippen molar-refractivity contribution in [2.45, 2.75) is 31.8 Å². The number of anilines is 1. The maximum absolute atomic E-state index is 6.02. The molecule has 0 amide bonds. The first-order valence-electron chi connectivity index (χ1n) is 6.66. The predicted molar refractivity (Wildman–Crippen MR) is 69.8 cm³/mol. The van der Waals surface area contributed by atoms with Gasteiger partial charge in [-0.3, -0.25) is 0 Å². The van der Waals surface area contributed by atoms with Gasteiger partial charge in [-0.15, -0.1) is 0 Å².